The van der Waals surface area contributed by atoms with Crippen LogP contribution in [0.4, 0.5) is 5.69 Å². The number of hydrogen-bond acceptors (Lipinski definition) is 4. The lowest BCUT2D eigenvalue weighted by Gasteiger charge is -2.04. The number of carbonyl (C=O) groups excluding carboxylic acids is 1. The summed E-state index contributed by atoms with van der Waals surface area (Å²) < 4.78 is 0. The Bertz CT molecular complexity index is 508. The minimum Gasteiger partial charge on any atom is -0.376 e. The summed E-state index contributed by atoms with van der Waals surface area (Å²) in [5.41, 5.74) is 3.38. The van der Waals surface area contributed by atoms with Crippen LogP contribution in [0, 0.1) is 0 Å². The standard InChI is InChI=1S/C13H13N3OS/c17-13(10-14-11-5-2-1-3-6-11)16-15-9-12-7-4-8-18-12/h1-9,14H,10H2,(H,16,17)/b15-9+. The summed E-state index contributed by atoms with van der Waals surface area (Å²) in [4.78, 5) is 12.5. The normalized spacial score (nSPS) is 10.4. The number of nitrogens with zero attached hydrogens (tertiary/aromatic N) is 1. The van der Waals surface area contributed by atoms with Crippen LogP contribution in [-0.4, -0.2) is 18.7 Å². The maximum absolute atomic E-state index is 11.5. The average Bonchev–Trinajstić information content (AvgIpc) is 2.91. The van der Waals surface area contributed by atoms with Gasteiger partial charge in [0.1, 0.15) is 0 Å². The maximum atomic E-state index is 11.5. The quantitative estimate of drug-likeness (QED) is 0.639. The molecule has 0 bridgehead atoms. The number of carbonyl (C=O) groups is 1. The lowest BCUT2D eigenvalue weighted by molar-refractivity contribution is -0.119. The summed E-state index contributed by atoms with van der Waals surface area (Å²) in [6.45, 7) is 0.200. The number of amides is 1. The van der Waals surface area contributed by atoms with Gasteiger partial charge in [-0.25, -0.2) is 5.43 Å². The Morgan fingerprint density at radius 1 is 1.22 bits per heavy atom. The molecule has 92 valence electrons. The molecule has 2 rings (SSSR count). The topological polar surface area (TPSA) is 53.5 Å². The molecule has 0 radical (unpaired) electrons. The summed E-state index contributed by atoms with van der Waals surface area (Å²) >= 11 is 1.57. The molecule has 0 spiro atoms. The van der Waals surface area contributed by atoms with Crippen molar-refractivity contribution >= 4 is 29.1 Å². The fourth-order valence-electron chi connectivity index (χ4n) is 1.31. The first-order valence-corrected chi connectivity index (χ1v) is 6.37. The van der Waals surface area contributed by atoms with Gasteiger partial charge in [0.05, 0.1) is 12.8 Å². The van der Waals surface area contributed by atoms with Gasteiger partial charge in [-0.05, 0) is 23.6 Å². The summed E-state index contributed by atoms with van der Waals surface area (Å²) in [5.74, 6) is -0.174. The first kappa shape index (κ1) is 12.3. The van der Waals surface area contributed by atoms with Crippen molar-refractivity contribution in [3.63, 3.8) is 0 Å². The number of benzene rings is 1. The van der Waals surface area contributed by atoms with E-state index in [2.05, 4.69) is 15.8 Å². The molecule has 0 atom stereocenters. The van der Waals surface area contributed by atoms with E-state index in [1.807, 2.05) is 47.8 Å². The molecule has 4 nitrogen and oxygen atoms in total. The maximum Gasteiger partial charge on any atom is 0.259 e. The van der Waals surface area contributed by atoms with Crippen molar-refractivity contribution in [3.8, 4) is 0 Å². The van der Waals surface area contributed by atoms with Gasteiger partial charge in [0, 0.05) is 10.6 Å². The fraction of sp³-hybridized carbons (Fsp3) is 0.0769. The van der Waals surface area contributed by atoms with Crippen molar-refractivity contribution in [2.45, 2.75) is 0 Å². The Kier molecular flexibility index (Phi) is 4.49. The van der Waals surface area contributed by atoms with E-state index >= 15 is 0 Å². The van der Waals surface area contributed by atoms with Gasteiger partial charge in [-0.1, -0.05) is 24.3 Å². The first-order chi connectivity index (χ1) is 8.84. The Morgan fingerprint density at radius 2 is 2.06 bits per heavy atom. The zero-order valence-electron chi connectivity index (χ0n) is 9.67. The second-order valence-electron chi connectivity index (χ2n) is 3.53. The molecule has 1 aromatic carbocycles. The Morgan fingerprint density at radius 3 is 2.78 bits per heavy atom. The highest BCUT2D eigenvalue weighted by molar-refractivity contribution is 7.11. The van der Waals surface area contributed by atoms with Crippen LogP contribution in [0.15, 0.2) is 52.9 Å². The third-order valence-corrected chi connectivity index (χ3v) is 2.96. The predicted molar refractivity (Wildman–Crippen MR) is 75.0 cm³/mol. The number of hydrogen-bond donors (Lipinski definition) is 2. The van der Waals surface area contributed by atoms with Gasteiger partial charge >= 0.3 is 0 Å². The SMILES string of the molecule is O=C(CNc1ccccc1)N/N=C/c1cccs1. The number of para-hydroxylation sites is 1. The molecular weight excluding hydrogens is 246 g/mol. The monoisotopic (exact) mass is 259 g/mol. The summed E-state index contributed by atoms with van der Waals surface area (Å²) in [5, 5.41) is 8.84. The molecule has 0 saturated carbocycles. The van der Waals surface area contributed by atoms with E-state index in [9.17, 15) is 4.79 Å². The molecule has 1 heterocycles. The highest BCUT2D eigenvalue weighted by atomic mass is 32.1. The molecule has 2 N–H and O–H groups in total. The molecule has 2 aromatic rings. The predicted octanol–water partition coefficient (Wildman–Crippen LogP) is 2.31. The van der Waals surface area contributed by atoms with E-state index in [-0.39, 0.29) is 12.5 Å². The third-order valence-electron chi connectivity index (χ3n) is 2.15. The van der Waals surface area contributed by atoms with Gasteiger partial charge < -0.3 is 5.32 Å². The Labute approximate surface area is 109 Å². The number of hydrazone groups is 1. The molecule has 1 aromatic heterocycles. The van der Waals surface area contributed by atoms with Crippen LogP contribution in [-0.2, 0) is 4.79 Å². The van der Waals surface area contributed by atoms with Crippen LogP contribution in [0.2, 0.25) is 0 Å². The van der Waals surface area contributed by atoms with Gasteiger partial charge in [0.15, 0.2) is 0 Å². The van der Waals surface area contributed by atoms with Gasteiger partial charge in [-0.2, -0.15) is 5.10 Å². The van der Waals surface area contributed by atoms with Crippen LogP contribution in [0.1, 0.15) is 4.88 Å². The number of thiophene rings is 1. The highest BCUT2D eigenvalue weighted by Gasteiger charge is 1.98. The van der Waals surface area contributed by atoms with E-state index in [1.165, 1.54) is 0 Å². The van der Waals surface area contributed by atoms with Crippen molar-refractivity contribution < 1.29 is 4.79 Å². The van der Waals surface area contributed by atoms with Gasteiger partial charge in [0.2, 0.25) is 0 Å². The van der Waals surface area contributed by atoms with Gasteiger partial charge in [-0.15, -0.1) is 11.3 Å². The number of anilines is 1. The van der Waals surface area contributed by atoms with E-state index < -0.39 is 0 Å². The number of nitrogens with one attached hydrogen (secondary N) is 2. The number of rotatable bonds is 5. The van der Waals surface area contributed by atoms with Crippen LogP contribution in [0.3, 0.4) is 0 Å². The first-order valence-electron chi connectivity index (χ1n) is 5.49. The van der Waals surface area contributed by atoms with Crippen LogP contribution >= 0.6 is 11.3 Å². The minimum absolute atomic E-state index is 0.174. The molecule has 1 amide bonds. The molecule has 0 unspecified atom stereocenters. The van der Waals surface area contributed by atoms with E-state index in [0.717, 1.165) is 10.6 Å². The van der Waals surface area contributed by atoms with E-state index in [4.69, 9.17) is 0 Å². The zero-order chi connectivity index (χ0) is 12.6. The van der Waals surface area contributed by atoms with Crippen molar-refractivity contribution in [2.24, 2.45) is 5.10 Å². The molecule has 0 aliphatic carbocycles. The second kappa shape index (κ2) is 6.56. The van der Waals surface area contributed by atoms with Crippen molar-refractivity contribution in [1.29, 1.82) is 0 Å². The lowest BCUT2D eigenvalue weighted by atomic mass is 10.3. The molecule has 0 aliphatic heterocycles. The molecule has 0 saturated heterocycles. The molecule has 18 heavy (non-hydrogen) atoms. The van der Waals surface area contributed by atoms with E-state index in [0.29, 0.717) is 0 Å². The molecule has 5 heteroatoms. The van der Waals surface area contributed by atoms with Crippen LogP contribution in [0.25, 0.3) is 0 Å². The van der Waals surface area contributed by atoms with Crippen molar-refractivity contribution in [1.82, 2.24) is 5.43 Å². The minimum atomic E-state index is -0.174. The molecule has 0 fully saturated rings. The second-order valence-corrected chi connectivity index (χ2v) is 4.51. The molecular formula is C13H13N3OS. The third kappa shape index (κ3) is 4.03. The fourth-order valence-corrected chi connectivity index (χ4v) is 1.90. The summed E-state index contributed by atoms with van der Waals surface area (Å²) in [7, 11) is 0. The zero-order valence-corrected chi connectivity index (χ0v) is 10.5. The summed E-state index contributed by atoms with van der Waals surface area (Å²) in [6, 6.07) is 13.4. The smallest absolute Gasteiger partial charge is 0.259 e. The van der Waals surface area contributed by atoms with E-state index in [1.54, 1.807) is 17.6 Å². The average molecular weight is 259 g/mol. The Hall–Kier alpha value is -2.14. The van der Waals surface area contributed by atoms with Gasteiger partial charge in [0.25, 0.3) is 5.91 Å². The van der Waals surface area contributed by atoms with Gasteiger partial charge in [-0.3, -0.25) is 4.79 Å². The largest absolute Gasteiger partial charge is 0.376 e. The van der Waals surface area contributed by atoms with Crippen molar-refractivity contribution in [3.05, 3.63) is 52.7 Å². The lowest BCUT2D eigenvalue weighted by Crippen LogP contribution is -2.25. The Balaban J connectivity index is 1.73. The molecule has 0 aliphatic rings. The van der Waals surface area contributed by atoms with Crippen LogP contribution < -0.4 is 10.7 Å². The summed E-state index contributed by atoms with van der Waals surface area (Å²) in [6.07, 6.45) is 1.63. The van der Waals surface area contributed by atoms with Crippen LogP contribution in [0.5, 0.6) is 0 Å². The van der Waals surface area contributed by atoms with Crippen molar-refractivity contribution in [2.75, 3.05) is 11.9 Å². The highest BCUT2D eigenvalue weighted by Crippen LogP contribution is 2.04.